The third-order valence-electron chi connectivity index (χ3n) is 2.98. The molecule has 20 heavy (non-hydrogen) atoms. The maximum absolute atomic E-state index is 13.9. The molecule has 0 radical (unpaired) electrons. The van der Waals surface area contributed by atoms with Crippen LogP contribution in [0.2, 0.25) is 5.02 Å². The second kappa shape index (κ2) is 6.26. The molecule has 2 aromatic rings. The number of hydrogen-bond acceptors (Lipinski definition) is 2. The van der Waals surface area contributed by atoms with Crippen LogP contribution in [-0.2, 0) is 6.42 Å². The maximum Gasteiger partial charge on any atom is 0.165 e. The van der Waals surface area contributed by atoms with Gasteiger partial charge in [0.1, 0.15) is 5.82 Å². The Bertz CT molecular complexity index is 602. The van der Waals surface area contributed by atoms with Gasteiger partial charge in [-0.3, -0.25) is 11.3 Å². The van der Waals surface area contributed by atoms with Gasteiger partial charge in [-0.25, -0.2) is 13.2 Å². The molecule has 1 atom stereocenters. The molecule has 0 aliphatic carbocycles. The summed E-state index contributed by atoms with van der Waals surface area (Å²) in [4.78, 5) is 0. The van der Waals surface area contributed by atoms with Gasteiger partial charge in [0.15, 0.2) is 11.6 Å². The van der Waals surface area contributed by atoms with Gasteiger partial charge in [0, 0.05) is 10.6 Å². The third kappa shape index (κ3) is 3.12. The highest BCUT2D eigenvalue weighted by Crippen LogP contribution is 2.29. The van der Waals surface area contributed by atoms with Gasteiger partial charge in [-0.15, -0.1) is 0 Å². The van der Waals surface area contributed by atoms with Crippen molar-refractivity contribution in [1.29, 1.82) is 0 Å². The summed E-state index contributed by atoms with van der Waals surface area (Å²) in [6, 6.07) is 7.16. The van der Waals surface area contributed by atoms with Crippen LogP contribution in [0.4, 0.5) is 13.2 Å². The molecule has 0 aromatic heterocycles. The Morgan fingerprint density at radius 2 is 1.70 bits per heavy atom. The minimum atomic E-state index is -1.04. The lowest BCUT2D eigenvalue weighted by Gasteiger charge is -2.18. The van der Waals surface area contributed by atoms with Crippen molar-refractivity contribution in [3.8, 4) is 0 Å². The molecule has 0 saturated carbocycles. The van der Waals surface area contributed by atoms with E-state index in [9.17, 15) is 13.2 Å². The molecule has 0 heterocycles. The summed E-state index contributed by atoms with van der Waals surface area (Å²) >= 11 is 5.90. The predicted octanol–water partition coefficient (Wildman–Crippen LogP) is 3.50. The summed E-state index contributed by atoms with van der Waals surface area (Å²) in [6.07, 6.45) is 0.247. The second-order valence-electron chi connectivity index (χ2n) is 4.31. The monoisotopic (exact) mass is 300 g/mol. The molecule has 2 nitrogen and oxygen atoms in total. The van der Waals surface area contributed by atoms with Gasteiger partial charge in [-0.2, -0.15) is 0 Å². The molecule has 1 unspecified atom stereocenters. The van der Waals surface area contributed by atoms with E-state index in [0.717, 1.165) is 6.07 Å². The quantitative estimate of drug-likeness (QED) is 0.515. The van der Waals surface area contributed by atoms with Gasteiger partial charge in [0.25, 0.3) is 0 Å². The van der Waals surface area contributed by atoms with Gasteiger partial charge in [0.2, 0.25) is 0 Å². The van der Waals surface area contributed by atoms with E-state index in [-0.39, 0.29) is 22.8 Å². The number of hydrazine groups is 1. The molecule has 0 bridgehead atoms. The summed E-state index contributed by atoms with van der Waals surface area (Å²) in [5.41, 5.74) is 3.08. The topological polar surface area (TPSA) is 38.0 Å². The Kier molecular flexibility index (Phi) is 4.65. The van der Waals surface area contributed by atoms with Crippen LogP contribution in [-0.4, -0.2) is 0 Å². The largest absolute Gasteiger partial charge is 0.271 e. The summed E-state index contributed by atoms with van der Waals surface area (Å²) < 4.78 is 40.0. The van der Waals surface area contributed by atoms with Gasteiger partial charge in [0.05, 0.1) is 6.04 Å². The first-order valence-electron chi connectivity index (χ1n) is 5.87. The van der Waals surface area contributed by atoms with E-state index < -0.39 is 17.7 Å². The second-order valence-corrected chi connectivity index (χ2v) is 4.71. The van der Waals surface area contributed by atoms with Crippen molar-refractivity contribution in [1.82, 2.24) is 5.43 Å². The standard InChI is InChI=1S/C14H12ClF3N2/c15-10-5-6-11(17)14(18)13(10)12(20-19)7-8-1-3-9(16)4-2-8/h1-6,12,20H,7,19H2. The highest BCUT2D eigenvalue weighted by molar-refractivity contribution is 6.31. The molecule has 0 amide bonds. The van der Waals surface area contributed by atoms with Gasteiger partial charge < -0.3 is 0 Å². The van der Waals surface area contributed by atoms with Crippen molar-refractivity contribution >= 4 is 11.6 Å². The highest BCUT2D eigenvalue weighted by Gasteiger charge is 2.21. The fourth-order valence-electron chi connectivity index (χ4n) is 1.96. The molecule has 0 aliphatic heterocycles. The first kappa shape index (κ1) is 14.8. The lowest BCUT2D eigenvalue weighted by atomic mass is 9.98. The lowest BCUT2D eigenvalue weighted by Crippen LogP contribution is -2.30. The fraction of sp³-hybridized carbons (Fsp3) is 0.143. The number of nitrogens with two attached hydrogens (primary N) is 1. The van der Waals surface area contributed by atoms with E-state index in [1.165, 1.54) is 18.2 Å². The maximum atomic E-state index is 13.9. The smallest absolute Gasteiger partial charge is 0.165 e. The van der Waals surface area contributed by atoms with E-state index in [2.05, 4.69) is 5.43 Å². The van der Waals surface area contributed by atoms with E-state index in [4.69, 9.17) is 17.4 Å². The SMILES string of the molecule is NNC(Cc1ccc(F)cc1)c1c(Cl)ccc(F)c1F. The van der Waals surface area contributed by atoms with Crippen molar-refractivity contribution in [3.63, 3.8) is 0 Å². The minimum Gasteiger partial charge on any atom is -0.271 e. The molecule has 0 spiro atoms. The molecule has 0 saturated heterocycles. The Labute approximate surface area is 119 Å². The molecular weight excluding hydrogens is 289 g/mol. The van der Waals surface area contributed by atoms with Gasteiger partial charge >= 0.3 is 0 Å². The first-order chi connectivity index (χ1) is 9.52. The molecule has 106 valence electrons. The molecule has 2 rings (SSSR count). The summed E-state index contributed by atoms with van der Waals surface area (Å²) in [5, 5.41) is 0.0777. The van der Waals surface area contributed by atoms with Crippen LogP contribution in [0, 0.1) is 17.5 Å². The lowest BCUT2D eigenvalue weighted by molar-refractivity contribution is 0.464. The molecule has 2 aromatic carbocycles. The van der Waals surface area contributed by atoms with Crippen molar-refractivity contribution in [2.75, 3.05) is 0 Å². The van der Waals surface area contributed by atoms with Gasteiger partial charge in [-0.1, -0.05) is 23.7 Å². The zero-order valence-electron chi connectivity index (χ0n) is 10.3. The molecular formula is C14H12ClF3N2. The first-order valence-corrected chi connectivity index (χ1v) is 6.24. The van der Waals surface area contributed by atoms with Crippen LogP contribution in [0.3, 0.4) is 0 Å². The van der Waals surface area contributed by atoms with Crippen molar-refractivity contribution < 1.29 is 13.2 Å². The molecule has 0 aliphatic rings. The zero-order chi connectivity index (χ0) is 14.7. The number of halogens is 4. The Balaban J connectivity index is 2.33. The van der Waals surface area contributed by atoms with E-state index in [1.807, 2.05) is 0 Å². The van der Waals surface area contributed by atoms with Crippen LogP contribution >= 0.6 is 11.6 Å². The average molecular weight is 301 g/mol. The highest BCUT2D eigenvalue weighted by atomic mass is 35.5. The zero-order valence-corrected chi connectivity index (χ0v) is 11.1. The molecule has 3 N–H and O–H groups in total. The molecule has 6 heteroatoms. The Hall–Kier alpha value is -1.56. The van der Waals surface area contributed by atoms with E-state index in [0.29, 0.717) is 5.56 Å². The average Bonchev–Trinajstić information content (AvgIpc) is 2.44. The molecule has 0 fully saturated rings. The summed E-state index contributed by atoms with van der Waals surface area (Å²) in [5.74, 6) is 2.99. The van der Waals surface area contributed by atoms with Crippen molar-refractivity contribution in [2.45, 2.75) is 12.5 Å². The van der Waals surface area contributed by atoms with E-state index >= 15 is 0 Å². The minimum absolute atomic E-state index is 0.0431. The Morgan fingerprint density at radius 3 is 2.30 bits per heavy atom. The Morgan fingerprint density at radius 1 is 1.05 bits per heavy atom. The fourth-order valence-corrected chi connectivity index (χ4v) is 2.24. The third-order valence-corrected chi connectivity index (χ3v) is 3.31. The van der Waals surface area contributed by atoms with Crippen LogP contribution in [0.1, 0.15) is 17.2 Å². The van der Waals surface area contributed by atoms with Crippen molar-refractivity contribution in [3.05, 3.63) is 70.0 Å². The summed E-state index contributed by atoms with van der Waals surface area (Å²) in [7, 11) is 0. The predicted molar refractivity (Wildman–Crippen MR) is 71.5 cm³/mol. The summed E-state index contributed by atoms with van der Waals surface area (Å²) in [6.45, 7) is 0. The number of rotatable bonds is 4. The van der Waals surface area contributed by atoms with Gasteiger partial charge in [-0.05, 0) is 36.2 Å². The number of benzene rings is 2. The normalized spacial score (nSPS) is 12.4. The number of nitrogens with one attached hydrogen (secondary N) is 1. The van der Waals surface area contributed by atoms with E-state index in [1.54, 1.807) is 12.1 Å². The van der Waals surface area contributed by atoms with Crippen molar-refractivity contribution in [2.24, 2.45) is 5.84 Å². The van der Waals surface area contributed by atoms with Crippen LogP contribution in [0.5, 0.6) is 0 Å². The van der Waals surface area contributed by atoms with Crippen LogP contribution in [0.15, 0.2) is 36.4 Å². The van der Waals surface area contributed by atoms with Crippen LogP contribution in [0.25, 0.3) is 0 Å². The number of hydrogen-bond donors (Lipinski definition) is 2. The van der Waals surface area contributed by atoms with Crippen LogP contribution < -0.4 is 11.3 Å².